The highest BCUT2D eigenvalue weighted by Crippen LogP contribution is 2.39. The number of carbonyl (C=O) groups is 1. The number of urea groups is 1. The molecule has 0 spiro atoms. The van der Waals surface area contributed by atoms with E-state index >= 15 is 0 Å². The number of hydrogen-bond acceptors (Lipinski definition) is 2. The molecule has 1 aliphatic carbocycles. The molecule has 1 aromatic heterocycles. The number of hydrogen-bond donors (Lipinski definition) is 2. The Bertz CT molecular complexity index is 681. The van der Waals surface area contributed by atoms with E-state index in [0.717, 1.165) is 28.4 Å². The summed E-state index contributed by atoms with van der Waals surface area (Å²) in [6.45, 7) is 1.11. The molecule has 0 aliphatic heterocycles. The number of amides is 2. The maximum atomic E-state index is 12.1. The topological polar surface area (TPSA) is 61.0 Å². The van der Waals surface area contributed by atoms with Crippen LogP contribution in [0, 0.1) is 0 Å². The SMILES string of the molecule is CN(Cc1cc(C2CC2)n[nH]1)C(=O)NCCc1cccc(Cl)c1. The summed E-state index contributed by atoms with van der Waals surface area (Å²) >= 11 is 5.95. The quantitative estimate of drug-likeness (QED) is 0.852. The van der Waals surface area contributed by atoms with Gasteiger partial charge in [0.2, 0.25) is 0 Å². The molecule has 3 rings (SSSR count). The highest BCUT2D eigenvalue weighted by molar-refractivity contribution is 6.30. The first-order valence-corrected chi connectivity index (χ1v) is 8.27. The number of halogens is 1. The van der Waals surface area contributed by atoms with Crippen molar-refractivity contribution in [2.75, 3.05) is 13.6 Å². The first kappa shape index (κ1) is 15.9. The van der Waals surface area contributed by atoms with Gasteiger partial charge in [-0.3, -0.25) is 5.10 Å². The minimum Gasteiger partial charge on any atom is -0.338 e. The molecule has 1 aromatic carbocycles. The molecule has 0 unspecified atom stereocenters. The van der Waals surface area contributed by atoms with Crippen LogP contribution in [0.2, 0.25) is 5.02 Å². The molecule has 6 heteroatoms. The van der Waals surface area contributed by atoms with Gasteiger partial charge in [0.15, 0.2) is 0 Å². The molecule has 2 aromatic rings. The number of benzene rings is 1. The van der Waals surface area contributed by atoms with Crippen LogP contribution in [0.4, 0.5) is 4.79 Å². The number of aromatic nitrogens is 2. The lowest BCUT2D eigenvalue weighted by Gasteiger charge is -2.17. The Kier molecular flexibility index (Phi) is 4.86. The number of aromatic amines is 1. The van der Waals surface area contributed by atoms with Gasteiger partial charge in [0.1, 0.15) is 0 Å². The highest BCUT2D eigenvalue weighted by Gasteiger charge is 2.26. The van der Waals surface area contributed by atoms with Crippen LogP contribution in [-0.4, -0.2) is 34.7 Å². The van der Waals surface area contributed by atoms with Crippen LogP contribution >= 0.6 is 11.6 Å². The average molecular weight is 333 g/mol. The van der Waals surface area contributed by atoms with Gasteiger partial charge in [-0.2, -0.15) is 5.10 Å². The van der Waals surface area contributed by atoms with E-state index in [2.05, 4.69) is 21.6 Å². The van der Waals surface area contributed by atoms with Crippen molar-refractivity contribution >= 4 is 17.6 Å². The predicted molar refractivity (Wildman–Crippen MR) is 90.6 cm³/mol. The Balaban J connectivity index is 1.43. The molecule has 0 atom stereocenters. The van der Waals surface area contributed by atoms with Crippen LogP contribution in [0.3, 0.4) is 0 Å². The number of carbonyl (C=O) groups excluding carboxylic acids is 1. The molecule has 0 radical (unpaired) electrons. The molecular formula is C17H21ClN4O. The average Bonchev–Trinajstić information content (AvgIpc) is 3.27. The summed E-state index contributed by atoms with van der Waals surface area (Å²) in [5.41, 5.74) is 3.21. The van der Waals surface area contributed by atoms with Crippen molar-refractivity contribution < 1.29 is 4.79 Å². The second-order valence-corrected chi connectivity index (χ2v) is 6.50. The Labute approximate surface area is 141 Å². The largest absolute Gasteiger partial charge is 0.338 e. The van der Waals surface area contributed by atoms with Gasteiger partial charge < -0.3 is 10.2 Å². The Hall–Kier alpha value is -2.01. The summed E-state index contributed by atoms with van der Waals surface area (Å²) in [5, 5.41) is 11.0. The molecule has 122 valence electrons. The molecule has 1 fully saturated rings. The van der Waals surface area contributed by atoms with Crippen molar-refractivity contribution in [1.29, 1.82) is 0 Å². The second-order valence-electron chi connectivity index (χ2n) is 6.06. The van der Waals surface area contributed by atoms with Crippen molar-refractivity contribution in [1.82, 2.24) is 20.4 Å². The number of H-pyrrole nitrogens is 1. The van der Waals surface area contributed by atoms with Crippen molar-refractivity contribution in [2.45, 2.75) is 31.7 Å². The van der Waals surface area contributed by atoms with Gasteiger partial charge in [-0.05, 0) is 43.0 Å². The van der Waals surface area contributed by atoms with Crippen LogP contribution in [0.5, 0.6) is 0 Å². The third-order valence-electron chi connectivity index (χ3n) is 3.98. The van der Waals surface area contributed by atoms with Gasteiger partial charge in [-0.15, -0.1) is 0 Å². The zero-order valence-electron chi connectivity index (χ0n) is 13.2. The van der Waals surface area contributed by atoms with Gasteiger partial charge in [-0.1, -0.05) is 23.7 Å². The lowest BCUT2D eigenvalue weighted by Crippen LogP contribution is -2.37. The standard InChI is InChI=1S/C17H21ClN4O/c1-22(11-15-10-16(21-20-15)13-5-6-13)17(23)19-8-7-12-3-2-4-14(18)9-12/h2-4,9-10,13H,5-8,11H2,1H3,(H,19,23)(H,20,21). The van der Waals surface area contributed by atoms with Crippen LogP contribution in [0.25, 0.3) is 0 Å². The monoisotopic (exact) mass is 332 g/mol. The Morgan fingerprint density at radius 3 is 3.00 bits per heavy atom. The summed E-state index contributed by atoms with van der Waals surface area (Å²) in [6.07, 6.45) is 3.21. The lowest BCUT2D eigenvalue weighted by atomic mass is 10.1. The summed E-state index contributed by atoms with van der Waals surface area (Å²) < 4.78 is 0. The fourth-order valence-electron chi connectivity index (χ4n) is 2.52. The Morgan fingerprint density at radius 2 is 2.26 bits per heavy atom. The van der Waals surface area contributed by atoms with E-state index in [9.17, 15) is 4.79 Å². The third kappa shape index (κ3) is 4.48. The van der Waals surface area contributed by atoms with Crippen LogP contribution in [0.1, 0.15) is 35.7 Å². The molecule has 5 nitrogen and oxygen atoms in total. The smallest absolute Gasteiger partial charge is 0.317 e. The van der Waals surface area contributed by atoms with Crippen molar-refractivity contribution in [3.63, 3.8) is 0 Å². The van der Waals surface area contributed by atoms with E-state index in [4.69, 9.17) is 11.6 Å². The molecule has 1 heterocycles. The first-order valence-electron chi connectivity index (χ1n) is 7.89. The highest BCUT2D eigenvalue weighted by atomic mass is 35.5. The van der Waals surface area contributed by atoms with Crippen LogP contribution in [0.15, 0.2) is 30.3 Å². The normalized spacial score (nSPS) is 13.8. The zero-order valence-corrected chi connectivity index (χ0v) is 13.9. The fraction of sp³-hybridized carbons (Fsp3) is 0.412. The summed E-state index contributed by atoms with van der Waals surface area (Å²) in [4.78, 5) is 13.8. The number of rotatable bonds is 6. The van der Waals surface area contributed by atoms with Crippen molar-refractivity contribution in [3.8, 4) is 0 Å². The minimum atomic E-state index is -0.0883. The molecule has 0 bridgehead atoms. The van der Waals surface area contributed by atoms with Gasteiger partial charge in [-0.25, -0.2) is 4.79 Å². The summed E-state index contributed by atoms with van der Waals surface area (Å²) in [6, 6.07) is 9.66. The fourth-order valence-corrected chi connectivity index (χ4v) is 2.73. The van der Waals surface area contributed by atoms with E-state index in [0.29, 0.717) is 19.0 Å². The maximum absolute atomic E-state index is 12.1. The van der Waals surface area contributed by atoms with Crippen LogP contribution in [-0.2, 0) is 13.0 Å². The van der Waals surface area contributed by atoms with Gasteiger partial charge in [0.05, 0.1) is 17.9 Å². The summed E-state index contributed by atoms with van der Waals surface area (Å²) in [5.74, 6) is 0.622. The van der Waals surface area contributed by atoms with Crippen LogP contribution < -0.4 is 5.32 Å². The Morgan fingerprint density at radius 1 is 1.43 bits per heavy atom. The lowest BCUT2D eigenvalue weighted by molar-refractivity contribution is 0.206. The van der Waals surface area contributed by atoms with E-state index < -0.39 is 0 Å². The predicted octanol–water partition coefficient (Wildman–Crippen LogP) is 3.32. The number of nitrogens with zero attached hydrogens (tertiary/aromatic N) is 2. The van der Waals surface area contributed by atoms with E-state index in [1.807, 2.05) is 24.3 Å². The second kappa shape index (κ2) is 7.04. The molecule has 2 amide bonds. The molecule has 23 heavy (non-hydrogen) atoms. The summed E-state index contributed by atoms with van der Waals surface area (Å²) in [7, 11) is 1.78. The van der Waals surface area contributed by atoms with Crippen molar-refractivity contribution in [3.05, 3.63) is 52.3 Å². The number of nitrogens with one attached hydrogen (secondary N) is 2. The van der Waals surface area contributed by atoms with Gasteiger partial charge in [0, 0.05) is 24.5 Å². The van der Waals surface area contributed by atoms with E-state index in [1.54, 1.807) is 11.9 Å². The third-order valence-corrected chi connectivity index (χ3v) is 4.21. The van der Waals surface area contributed by atoms with E-state index in [-0.39, 0.29) is 6.03 Å². The molecule has 1 saturated carbocycles. The zero-order chi connectivity index (χ0) is 16.2. The van der Waals surface area contributed by atoms with Crippen molar-refractivity contribution in [2.24, 2.45) is 0 Å². The van der Waals surface area contributed by atoms with E-state index in [1.165, 1.54) is 12.8 Å². The minimum absolute atomic E-state index is 0.0883. The molecule has 2 N–H and O–H groups in total. The molecule has 1 aliphatic rings. The first-order chi connectivity index (χ1) is 11.1. The van der Waals surface area contributed by atoms with Gasteiger partial charge >= 0.3 is 6.03 Å². The maximum Gasteiger partial charge on any atom is 0.317 e. The molecule has 0 saturated heterocycles. The van der Waals surface area contributed by atoms with Gasteiger partial charge in [0.25, 0.3) is 0 Å². The molecular weight excluding hydrogens is 312 g/mol.